The van der Waals surface area contributed by atoms with Crippen molar-refractivity contribution in [3.8, 4) is 0 Å². The van der Waals surface area contributed by atoms with Crippen LogP contribution in [0.2, 0.25) is 0 Å². The van der Waals surface area contributed by atoms with Crippen molar-refractivity contribution in [1.29, 1.82) is 0 Å². The SMILES string of the molecule is O=C(O)[C@@H]1C2CCC(CC2)[C@H]1C(=O)NC1CCN(Cc2ccccc2)CC1. The first-order valence-electron chi connectivity index (χ1n) is 10.4. The molecule has 1 aromatic rings. The molecular weight excluding hydrogens is 340 g/mol. The van der Waals surface area contributed by atoms with E-state index < -0.39 is 11.9 Å². The minimum Gasteiger partial charge on any atom is -0.481 e. The van der Waals surface area contributed by atoms with Crippen molar-refractivity contribution < 1.29 is 14.7 Å². The molecule has 1 aliphatic heterocycles. The van der Waals surface area contributed by atoms with E-state index in [-0.39, 0.29) is 29.7 Å². The monoisotopic (exact) mass is 370 g/mol. The van der Waals surface area contributed by atoms with Crippen LogP contribution in [0, 0.1) is 23.7 Å². The molecule has 146 valence electrons. The predicted octanol–water partition coefficient (Wildman–Crippen LogP) is 2.90. The van der Waals surface area contributed by atoms with E-state index in [0.717, 1.165) is 58.2 Å². The highest BCUT2D eigenvalue weighted by atomic mass is 16.4. The highest BCUT2D eigenvalue weighted by Gasteiger charge is 2.50. The third kappa shape index (κ3) is 4.03. The Kier molecular flexibility index (Phi) is 5.48. The van der Waals surface area contributed by atoms with Gasteiger partial charge < -0.3 is 10.4 Å². The number of hydrogen-bond donors (Lipinski definition) is 2. The van der Waals surface area contributed by atoms with Crippen molar-refractivity contribution >= 4 is 11.9 Å². The van der Waals surface area contributed by atoms with Crippen LogP contribution >= 0.6 is 0 Å². The molecule has 27 heavy (non-hydrogen) atoms. The number of amides is 1. The number of hydrogen-bond acceptors (Lipinski definition) is 3. The summed E-state index contributed by atoms with van der Waals surface area (Å²) in [5.41, 5.74) is 1.32. The Morgan fingerprint density at radius 1 is 0.926 bits per heavy atom. The maximum Gasteiger partial charge on any atom is 0.307 e. The van der Waals surface area contributed by atoms with Gasteiger partial charge in [-0.2, -0.15) is 0 Å². The lowest BCUT2D eigenvalue weighted by molar-refractivity contribution is -0.158. The zero-order valence-corrected chi connectivity index (χ0v) is 15.8. The van der Waals surface area contributed by atoms with Crippen molar-refractivity contribution in [3.05, 3.63) is 35.9 Å². The molecule has 0 unspecified atom stereocenters. The second-order valence-corrected chi connectivity index (χ2v) is 8.61. The van der Waals surface area contributed by atoms with Crippen LogP contribution in [-0.2, 0) is 16.1 Å². The molecule has 1 amide bonds. The Balaban J connectivity index is 1.31. The number of benzene rings is 1. The van der Waals surface area contributed by atoms with Crippen LogP contribution in [-0.4, -0.2) is 41.0 Å². The second-order valence-electron chi connectivity index (χ2n) is 8.61. The number of aliphatic carboxylic acids is 1. The van der Waals surface area contributed by atoms with Gasteiger partial charge in [0.2, 0.25) is 5.91 Å². The van der Waals surface area contributed by atoms with Crippen molar-refractivity contribution in [1.82, 2.24) is 10.2 Å². The summed E-state index contributed by atoms with van der Waals surface area (Å²) in [6, 6.07) is 10.7. The maximum absolute atomic E-state index is 13.0. The number of carboxylic acids is 1. The number of nitrogens with zero attached hydrogens (tertiary/aromatic N) is 1. The second kappa shape index (κ2) is 8.01. The molecule has 2 atom stereocenters. The molecular formula is C22H30N2O3. The lowest BCUT2D eigenvalue weighted by Gasteiger charge is -2.46. The molecule has 1 saturated heterocycles. The van der Waals surface area contributed by atoms with Gasteiger partial charge in [0.25, 0.3) is 0 Å². The molecule has 1 aromatic carbocycles. The molecule has 1 heterocycles. The van der Waals surface area contributed by atoms with Gasteiger partial charge in [0.1, 0.15) is 0 Å². The Bertz CT molecular complexity index is 661. The van der Waals surface area contributed by atoms with E-state index in [1.165, 1.54) is 5.56 Å². The summed E-state index contributed by atoms with van der Waals surface area (Å²) < 4.78 is 0. The number of carbonyl (C=O) groups is 2. The fourth-order valence-corrected chi connectivity index (χ4v) is 5.56. The van der Waals surface area contributed by atoms with Gasteiger partial charge in [0, 0.05) is 25.7 Å². The largest absolute Gasteiger partial charge is 0.481 e. The smallest absolute Gasteiger partial charge is 0.307 e. The van der Waals surface area contributed by atoms with E-state index in [9.17, 15) is 14.7 Å². The standard InChI is InChI=1S/C22H30N2O3/c25-21(19-16-6-8-17(9-7-16)20(19)22(26)27)23-18-10-12-24(13-11-18)14-15-4-2-1-3-5-15/h1-5,16-20H,6-14H2,(H,23,25)(H,26,27)/t16?,17?,19-,20-/m1/s1. The molecule has 3 saturated carbocycles. The molecule has 4 fully saturated rings. The van der Waals surface area contributed by atoms with E-state index in [2.05, 4.69) is 34.5 Å². The van der Waals surface area contributed by atoms with Gasteiger partial charge in [-0.1, -0.05) is 30.3 Å². The third-order valence-electron chi connectivity index (χ3n) is 6.99. The predicted molar refractivity (Wildman–Crippen MR) is 103 cm³/mol. The minimum atomic E-state index is -0.776. The molecule has 5 nitrogen and oxygen atoms in total. The Hall–Kier alpha value is -1.88. The van der Waals surface area contributed by atoms with Crippen LogP contribution in [0.4, 0.5) is 0 Å². The maximum atomic E-state index is 13.0. The van der Waals surface area contributed by atoms with Crippen LogP contribution in [0.3, 0.4) is 0 Å². The number of carboxylic acid groups (broad SMARTS) is 1. The molecule has 3 aliphatic carbocycles. The zero-order valence-electron chi connectivity index (χ0n) is 15.8. The van der Waals surface area contributed by atoms with Gasteiger partial charge in [-0.3, -0.25) is 14.5 Å². The fraction of sp³-hybridized carbons (Fsp3) is 0.636. The molecule has 0 spiro atoms. The average Bonchev–Trinajstić information content (AvgIpc) is 2.70. The molecule has 2 bridgehead atoms. The summed E-state index contributed by atoms with van der Waals surface area (Å²) in [5.74, 6) is -1.13. The Morgan fingerprint density at radius 3 is 2.11 bits per heavy atom. The van der Waals surface area contributed by atoms with Crippen molar-refractivity contribution in [2.24, 2.45) is 23.7 Å². The first-order valence-corrected chi connectivity index (χ1v) is 10.4. The van der Waals surface area contributed by atoms with E-state index in [4.69, 9.17) is 0 Å². The van der Waals surface area contributed by atoms with Crippen LogP contribution in [0.25, 0.3) is 0 Å². The summed E-state index contributed by atoms with van der Waals surface area (Å²) >= 11 is 0. The van der Waals surface area contributed by atoms with Gasteiger partial charge >= 0.3 is 5.97 Å². The molecule has 0 aromatic heterocycles. The Labute approximate surface area is 161 Å². The lowest BCUT2D eigenvalue weighted by Crippen LogP contribution is -2.53. The summed E-state index contributed by atoms with van der Waals surface area (Å²) in [6.45, 7) is 2.90. The van der Waals surface area contributed by atoms with Gasteiger partial charge in [-0.05, 0) is 55.9 Å². The minimum absolute atomic E-state index is 0.00157. The number of piperidine rings is 1. The molecule has 0 radical (unpaired) electrons. The van der Waals surface area contributed by atoms with Gasteiger partial charge in [-0.25, -0.2) is 0 Å². The van der Waals surface area contributed by atoms with Crippen LogP contribution in [0.15, 0.2) is 30.3 Å². The number of rotatable bonds is 5. The van der Waals surface area contributed by atoms with Gasteiger partial charge in [0.05, 0.1) is 11.8 Å². The lowest BCUT2D eigenvalue weighted by atomic mass is 9.58. The summed E-state index contributed by atoms with van der Waals surface area (Å²) in [5, 5.41) is 12.9. The first-order chi connectivity index (χ1) is 13.1. The molecule has 5 rings (SSSR count). The fourth-order valence-electron chi connectivity index (χ4n) is 5.56. The highest BCUT2D eigenvalue weighted by molar-refractivity contribution is 5.85. The van der Waals surface area contributed by atoms with E-state index in [1.807, 2.05) is 6.07 Å². The Morgan fingerprint density at radius 2 is 1.52 bits per heavy atom. The van der Waals surface area contributed by atoms with Crippen molar-refractivity contribution in [3.63, 3.8) is 0 Å². The number of fused-ring (bicyclic) bond motifs is 3. The number of nitrogens with one attached hydrogen (secondary N) is 1. The van der Waals surface area contributed by atoms with E-state index in [1.54, 1.807) is 0 Å². The van der Waals surface area contributed by atoms with Gasteiger partial charge in [-0.15, -0.1) is 0 Å². The van der Waals surface area contributed by atoms with Crippen molar-refractivity contribution in [2.75, 3.05) is 13.1 Å². The highest BCUT2D eigenvalue weighted by Crippen LogP contribution is 2.49. The van der Waals surface area contributed by atoms with E-state index >= 15 is 0 Å². The summed E-state index contributed by atoms with van der Waals surface area (Å²) in [7, 11) is 0. The van der Waals surface area contributed by atoms with Crippen LogP contribution < -0.4 is 5.32 Å². The number of likely N-dealkylation sites (tertiary alicyclic amines) is 1. The van der Waals surface area contributed by atoms with Crippen LogP contribution in [0.1, 0.15) is 44.1 Å². The average molecular weight is 370 g/mol. The number of carbonyl (C=O) groups excluding carboxylic acids is 1. The topological polar surface area (TPSA) is 69.6 Å². The molecule has 5 heteroatoms. The van der Waals surface area contributed by atoms with E-state index in [0.29, 0.717) is 0 Å². The zero-order chi connectivity index (χ0) is 18.8. The summed E-state index contributed by atoms with van der Waals surface area (Å²) in [4.78, 5) is 27.2. The summed E-state index contributed by atoms with van der Waals surface area (Å²) in [6.07, 6.45) is 5.87. The quantitative estimate of drug-likeness (QED) is 0.836. The first kappa shape index (κ1) is 18.5. The van der Waals surface area contributed by atoms with Crippen LogP contribution in [0.5, 0.6) is 0 Å². The molecule has 2 N–H and O–H groups in total. The third-order valence-corrected chi connectivity index (χ3v) is 6.99. The van der Waals surface area contributed by atoms with Crippen molar-refractivity contribution in [2.45, 2.75) is 51.1 Å². The van der Waals surface area contributed by atoms with Gasteiger partial charge in [0.15, 0.2) is 0 Å². The normalized spacial score (nSPS) is 31.6. The molecule has 4 aliphatic rings.